The molecule has 2 rings (SSSR count). The molecule has 0 heterocycles. The van der Waals surface area contributed by atoms with Gasteiger partial charge in [-0.05, 0) is 58.4 Å². The van der Waals surface area contributed by atoms with Crippen LogP contribution in [0.4, 0.5) is 14.5 Å². The highest BCUT2D eigenvalue weighted by molar-refractivity contribution is 9.10. The van der Waals surface area contributed by atoms with E-state index in [2.05, 4.69) is 15.9 Å². The highest BCUT2D eigenvalue weighted by atomic mass is 79.9. The maximum atomic E-state index is 13.4. The lowest BCUT2D eigenvalue weighted by molar-refractivity contribution is 0.0992. The summed E-state index contributed by atoms with van der Waals surface area (Å²) in [7, 11) is 1.55. The van der Waals surface area contributed by atoms with E-state index in [0.29, 0.717) is 10.2 Å². The minimum Gasteiger partial charge on any atom is -0.311 e. The van der Waals surface area contributed by atoms with Crippen molar-refractivity contribution in [1.29, 1.82) is 0 Å². The van der Waals surface area contributed by atoms with Crippen LogP contribution in [0.25, 0.3) is 0 Å². The van der Waals surface area contributed by atoms with Crippen molar-refractivity contribution in [3.05, 3.63) is 64.1 Å². The number of hydrogen-bond donors (Lipinski definition) is 0. The number of nitrogens with zero attached hydrogens (tertiary/aromatic N) is 1. The van der Waals surface area contributed by atoms with E-state index in [4.69, 9.17) is 0 Å². The molecule has 98 valence electrons. The minimum atomic E-state index is -0.502. The van der Waals surface area contributed by atoms with Crippen LogP contribution < -0.4 is 4.90 Å². The predicted molar refractivity (Wildman–Crippen MR) is 73.2 cm³/mol. The third kappa shape index (κ3) is 2.98. The molecule has 0 aliphatic carbocycles. The molecule has 0 N–H and O–H groups in total. The van der Waals surface area contributed by atoms with Crippen LogP contribution >= 0.6 is 15.9 Å². The fraction of sp³-hybridized carbons (Fsp3) is 0.0714. The molecule has 1 amide bonds. The van der Waals surface area contributed by atoms with Crippen LogP contribution in [-0.4, -0.2) is 13.0 Å². The second kappa shape index (κ2) is 5.48. The van der Waals surface area contributed by atoms with Crippen LogP contribution in [0.3, 0.4) is 0 Å². The number of hydrogen-bond acceptors (Lipinski definition) is 1. The Bertz CT molecular complexity index is 613. The monoisotopic (exact) mass is 325 g/mol. The van der Waals surface area contributed by atoms with E-state index in [1.54, 1.807) is 7.05 Å². The summed E-state index contributed by atoms with van der Waals surface area (Å²) in [5, 5.41) is 0. The molecule has 0 saturated heterocycles. The van der Waals surface area contributed by atoms with Crippen molar-refractivity contribution in [2.75, 3.05) is 11.9 Å². The molecule has 0 radical (unpaired) electrons. The van der Waals surface area contributed by atoms with Crippen LogP contribution in [0.2, 0.25) is 0 Å². The molecule has 0 aliphatic heterocycles. The fourth-order valence-electron chi connectivity index (χ4n) is 1.60. The molecule has 0 aromatic heterocycles. The number of carbonyl (C=O) groups is 1. The van der Waals surface area contributed by atoms with Crippen molar-refractivity contribution in [2.24, 2.45) is 0 Å². The van der Waals surface area contributed by atoms with Crippen molar-refractivity contribution >= 4 is 27.5 Å². The van der Waals surface area contributed by atoms with Crippen molar-refractivity contribution in [1.82, 2.24) is 0 Å². The SMILES string of the molecule is CN(C(=O)c1ccc(Br)c(F)c1)c1ccc(F)cc1. The van der Waals surface area contributed by atoms with Gasteiger partial charge >= 0.3 is 0 Å². The van der Waals surface area contributed by atoms with E-state index in [0.717, 1.165) is 6.07 Å². The van der Waals surface area contributed by atoms with Crippen molar-refractivity contribution in [3.63, 3.8) is 0 Å². The number of amides is 1. The second-order valence-electron chi connectivity index (χ2n) is 3.97. The summed E-state index contributed by atoms with van der Waals surface area (Å²) in [6.45, 7) is 0. The number of carbonyl (C=O) groups excluding carboxylic acids is 1. The van der Waals surface area contributed by atoms with Gasteiger partial charge in [0.25, 0.3) is 5.91 Å². The summed E-state index contributed by atoms with van der Waals surface area (Å²) < 4.78 is 26.5. The van der Waals surface area contributed by atoms with E-state index >= 15 is 0 Å². The van der Waals surface area contributed by atoms with Gasteiger partial charge in [-0.2, -0.15) is 0 Å². The van der Waals surface area contributed by atoms with E-state index in [9.17, 15) is 13.6 Å². The number of rotatable bonds is 2. The van der Waals surface area contributed by atoms with E-state index in [1.165, 1.54) is 41.3 Å². The van der Waals surface area contributed by atoms with Crippen LogP contribution in [-0.2, 0) is 0 Å². The first-order valence-electron chi connectivity index (χ1n) is 5.47. The normalized spacial score (nSPS) is 10.3. The van der Waals surface area contributed by atoms with Crippen molar-refractivity contribution in [3.8, 4) is 0 Å². The molecule has 5 heteroatoms. The van der Waals surface area contributed by atoms with Gasteiger partial charge in [-0.1, -0.05) is 0 Å². The lowest BCUT2D eigenvalue weighted by Gasteiger charge is -2.17. The van der Waals surface area contributed by atoms with Gasteiger partial charge in [-0.3, -0.25) is 4.79 Å². The second-order valence-corrected chi connectivity index (χ2v) is 4.82. The van der Waals surface area contributed by atoms with Gasteiger partial charge in [-0.25, -0.2) is 8.78 Å². The Morgan fingerprint density at radius 2 is 1.74 bits per heavy atom. The molecule has 2 aromatic rings. The molecule has 0 fully saturated rings. The zero-order valence-corrected chi connectivity index (χ0v) is 11.6. The molecule has 0 aliphatic rings. The molecule has 0 unspecified atom stereocenters. The smallest absolute Gasteiger partial charge is 0.258 e. The topological polar surface area (TPSA) is 20.3 Å². The number of benzene rings is 2. The first kappa shape index (κ1) is 13.7. The summed E-state index contributed by atoms with van der Waals surface area (Å²) in [6, 6.07) is 9.66. The third-order valence-electron chi connectivity index (χ3n) is 2.69. The molecular weight excluding hydrogens is 316 g/mol. The molecule has 0 spiro atoms. The Morgan fingerprint density at radius 3 is 2.32 bits per heavy atom. The largest absolute Gasteiger partial charge is 0.311 e. The Balaban J connectivity index is 2.28. The molecule has 0 bridgehead atoms. The van der Waals surface area contributed by atoms with Gasteiger partial charge in [-0.15, -0.1) is 0 Å². The first-order chi connectivity index (χ1) is 8.99. The van der Waals surface area contributed by atoms with E-state index < -0.39 is 5.82 Å². The summed E-state index contributed by atoms with van der Waals surface area (Å²) in [5.74, 6) is -1.24. The Labute approximate surface area is 117 Å². The Kier molecular flexibility index (Phi) is 3.95. The zero-order valence-electron chi connectivity index (χ0n) is 10.0. The minimum absolute atomic E-state index is 0.229. The van der Waals surface area contributed by atoms with Crippen molar-refractivity contribution in [2.45, 2.75) is 0 Å². The van der Waals surface area contributed by atoms with E-state index in [1.807, 2.05) is 0 Å². The van der Waals surface area contributed by atoms with Crippen LogP contribution in [0, 0.1) is 11.6 Å². The molecule has 2 nitrogen and oxygen atoms in total. The van der Waals surface area contributed by atoms with Crippen LogP contribution in [0.1, 0.15) is 10.4 Å². The standard InChI is InChI=1S/C14H10BrF2NO/c1-18(11-5-3-10(16)4-6-11)14(19)9-2-7-12(15)13(17)8-9/h2-8H,1H3. The molecule has 2 aromatic carbocycles. The van der Waals surface area contributed by atoms with E-state index in [-0.39, 0.29) is 17.3 Å². The quantitative estimate of drug-likeness (QED) is 0.817. The van der Waals surface area contributed by atoms with Gasteiger partial charge in [0.1, 0.15) is 11.6 Å². The third-order valence-corrected chi connectivity index (χ3v) is 3.33. The number of halogens is 3. The molecular formula is C14H10BrF2NO. The Morgan fingerprint density at radius 1 is 1.11 bits per heavy atom. The maximum Gasteiger partial charge on any atom is 0.258 e. The van der Waals surface area contributed by atoms with Gasteiger partial charge in [0.05, 0.1) is 4.47 Å². The average Bonchev–Trinajstić information content (AvgIpc) is 2.41. The van der Waals surface area contributed by atoms with Crippen LogP contribution in [0.5, 0.6) is 0 Å². The Hall–Kier alpha value is -1.75. The van der Waals surface area contributed by atoms with Crippen molar-refractivity contribution < 1.29 is 13.6 Å². The fourth-order valence-corrected chi connectivity index (χ4v) is 1.85. The van der Waals surface area contributed by atoms with Gasteiger partial charge in [0.15, 0.2) is 0 Å². The molecule has 19 heavy (non-hydrogen) atoms. The van der Waals surface area contributed by atoms with Crippen LogP contribution in [0.15, 0.2) is 46.9 Å². The predicted octanol–water partition coefficient (Wildman–Crippen LogP) is 4.00. The maximum absolute atomic E-state index is 13.4. The summed E-state index contributed by atoms with van der Waals surface area (Å²) in [4.78, 5) is 13.5. The summed E-state index contributed by atoms with van der Waals surface area (Å²) in [5.41, 5.74) is 0.766. The summed E-state index contributed by atoms with van der Waals surface area (Å²) in [6.07, 6.45) is 0. The van der Waals surface area contributed by atoms with Gasteiger partial charge in [0.2, 0.25) is 0 Å². The van der Waals surface area contributed by atoms with Gasteiger partial charge in [0, 0.05) is 18.3 Å². The lowest BCUT2D eigenvalue weighted by atomic mass is 10.2. The zero-order chi connectivity index (χ0) is 14.0. The molecule has 0 saturated carbocycles. The molecule has 0 atom stereocenters. The average molecular weight is 326 g/mol. The highest BCUT2D eigenvalue weighted by Gasteiger charge is 2.15. The van der Waals surface area contributed by atoms with Gasteiger partial charge < -0.3 is 4.90 Å². The number of anilines is 1. The summed E-state index contributed by atoms with van der Waals surface area (Å²) >= 11 is 3.03. The first-order valence-corrected chi connectivity index (χ1v) is 6.27. The lowest BCUT2D eigenvalue weighted by Crippen LogP contribution is -2.26. The highest BCUT2D eigenvalue weighted by Crippen LogP contribution is 2.20.